The molecule has 1 rings (SSSR count). The minimum atomic E-state index is -1.68. The molecule has 18 heavy (non-hydrogen) atoms. The van der Waals surface area contributed by atoms with Crippen LogP contribution >= 0.6 is 0 Å². The summed E-state index contributed by atoms with van der Waals surface area (Å²) >= 11 is 0. The van der Waals surface area contributed by atoms with E-state index in [1.54, 1.807) is 7.11 Å². The Morgan fingerprint density at radius 2 is 1.83 bits per heavy atom. The van der Waals surface area contributed by atoms with Crippen molar-refractivity contribution in [1.29, 1.82) is 0 Å². The molecule has 0 unspecified atom stereocenters. The summed E-state index contributed by atoms with van der Waals surface area (Å²) in [5.74, 6) is 0. The highest BCUT2D eigenvalue weighted by atomic mass is 28.4. The molecule has 0 aromatic carbocycles. The lowest BCUT2D eigenvalue weighted by Gasteiger charge is -2.36. The molecule has 1 heterocycles. The second-order valence-electron chi connectivity index (χ2n) is 6.14. The zero-order chi connectivity index (χ0) is 13.8. The van der Waals surface area contributed by atoms with E-state index in [9.17, 15) is 0 Å². The third-order valence-electron chi connectivity index (χ3n) is 3.58. The first-order valence-corrected chi connectivity index (χ1v) is 9.24. The van der Waals surface area contributed by atoms with Gasteiger partial charge in [-0.15, -0.1) is 0 Å². The van der Waals surface area contributed by atoms with Crippen molar-refractivity contribution >= 4 is 8.32 Å². The zero-order valence-electron chi connectivity index (χ0n) is 12.4. The van der Waals surface area contributed by atoms with Crippen molar-refractivity contribution in [2.24, 2.45) is 0 Å². The predicted octanol–water partition coefficient (Wildman–Crippen LogP) is 3.75. The Labute approximate surface area is 112 Å². The Morgan fingerprint density at radius 1 is 1.17 bits per heavy atom. The molecule has 1 aromatic rings. The van der Waals surface area contributed by atoms with E-state index in [4.69, 9.17) is 9.16 Å². The molecule has 0 aliphatic carbocycles. The molecule has 0 spiro atoms. The number of ether oxygens (including phenoxy) is 1. The number of hydrogen-bond donors (Lipinski definition) is 0. The number of methoxy groups -OCH3 is 1. The maximum atomic E-state index is 6.12. The highest BCUT2D eigenvalue weighted by Crippen LogP contribution is 2.36. The van der Waals surface area contributed by atoms with Crippen molar-refractivity contribution in [1.82, 2.24) is 4.98 Å². The second-order valence-corrected chi connectivity index (χ2v) is 10.9. The monoisotopic (exact) mass is 267 g/mol. The first-order valence-electron chi connectivity index (χ1n) is 6.33. The SMILES string of the molecule is COCc1ccc(CO[Si](C)(C)C(C)(C)C)nc1. The summed E-state index contributed by atoms with van der Waals surface area (Å²) in [6, 6.07) is 4.06. The summed E-state index contributed by atoms with van der Waals surface area (Å²) in [4.78, 5) is 4.40. The van der Waals surface area contributed by atoms with Crippen LogP contribution in [0.1, 0.15) is 32.0 Å². The van der Waals surface area contributed by atoms with Crippen LogP contribution in [0.2, 0.25) is 18.1 Å². The van der Waals surface area contributed by atoms with Gasteiger partial charge in [0.1, 0.15) is 0 Å². The Hall–Kier alpha value is -0.713. The van der Waals surface area contributed by atoms with Gasteiger partial charge in [0.15, 0.2) is 8.32 Å². The van der Waals surface area contributed by atoms with E-state index in [1.165, 1.54) is 0 Å². The van der Waals surface area contributed by atoms with E-state index in [0.717, 1.165) is 11.3 Å². The zero-order valence-corrected chi connectivity index (χ0v) is 13.4. The summed E-state index contributed by atoms with van der Waals surface area (Å²) in [7, 11) is 0.00780. The molecule has 0 saturated heterocycles. The third-order valence-corrected chi connectivity index (χ3v) is 8.06. The lowest BCUT2D eigenvalue weighted by atomic mass is 10.2. The first-order chi connectivity index (χ1) is 8.26. The van der Waals surface area contributed by atoms with Gasteiger partial charge >= 0.3 is 0 Å². The molecular formula is C14H25NO2Si. The molecule has 0 aliphatic heterocycles. The van der Waals surface area contributed by atoms with Crippen LogP contribution in [-0.4, -0.2) is 20.4 Å². The Bertz CT molecular complexity index is 368. The van der Waals surface area contributed by atoms with Crippen LogP contribution in [0.5, 0.6) is 0 Å². The van der Waals surface area contributed by atoms with Gasteiger partial charge in [-0.25, -0.2) is 0 Å². The fourth-order valence-corrected chi connectivity index (χ4v) is 2.21. The summed E-state index contributed by atoms with van der Waals surface area (Å²) in [6.07, 6.45) is 1.85. The molecule has 3 nitrogen and oxygen atoms in total. The van der Waals surface area contributed by atoms with Gasteiger partial charge in [-0.2, -0.15) is 0 Å². The fourth-order valence-electron chi connectivity index (χ4n) is 1.26. The smallest absolute Gasteiger partial charge is 0.192 e. The van der Waals surface area contributed by atoms with Gasteiger partial charge in [-0.3, -0.25) is 4.98 Å². The second kappa shape index (κ2) is 5.95. The van der Waals surface area contributed by atoms with Crippen LogP contribution in [0.25, 0.3) is 0 Å². The lowest BCUT2D eigenvalue weighted by molar-refractivity contribution is 0.184. The summed E-state index contributed by atoms with van der Waals surface area (Å²) in [6.45, 7) is 12.5. The van der Waals surface area contributed by atoms with Gasteiger partial charge < -0.3 is 9.16 Å². The van der Waals surface area contributed by atoms with Gasteiger partial charge in [0.25, 0.3) is 0 Å². The molecule has 0 saturated carbocycles. The third kappa shape index (κ3) is 4.19. The predicted molar refractivity (Wildman–Crippen MR) is 76.9 cm³/mol. The quantitative estimate of drug-likeness (QED) is 0.761. The maximum Gasteiger partial charge on any atom is 0.192 e. The number of nitrogens with zero attached hydrogens (tertiary/aromatic N) is 1. The van der Waals surface area contributed by atoms with Crippen molar-refractivity contribution < 1.29 is 9.16 Å². The van der Waals surface area contributed by atoms with Crippen molar-refractivity contribution in [3.05, 3.63) is 29.6 Å². The van der Waals surface area contributed by atoms with E-state index < -0.39 is 8.32 Å². The molecule has 4 heteroatoms. The summed E-state index contributed by atoms with van der Waals surface area (Å²) in [5.41, 5.74) is 2.08. The molecule has 0 radical (unpaired) electrons. The van der Waals surface area contributed by atoms with Crippen LogP contribution in [0.4, 0.5) is 0 Å². The number of rotatable bonds is 5. The molecule has 0 N–H and O–H groups in total. The minimum Gasteiger partial charge on any atom is -0.411 e. The molecule has 0 amide bonds. The Kier molecular flexibility index (Phi) is 5.07. The highest BCUT2D eigenvalue weighted by molar-refractivity contribution is 6.74. The topological polar surface area (TPSA) is 31.4 Å². The average molecular weight is 267 g/mol. The van der Waals surface area contributed by atoms with Crippen molar-refractivity contribution in [2.45, 2.75) is 52.1 Å². The highest BCUT2D eigenvalue weighted by Gasteiger charge is 2.37. The molecule has 0 bridgehead atoms. The van der Waals surface area contributed by atoms with Crippen LogP contribution in [0.3, 0.4) is 0 Å². The molecule has 0 fully saturated rings. The maximum absolute atomic E-state index is 6.12. The lowest BCUT2D eigenvalue weighted by Crippen LogP contribution is -2.40. The van der Waals surface area contributed by atoms with Crippen LogP contribution in [0.15, 0.2) is 18.3 Å². The van der Waals surface area contributed by atoms with Gasteiger partial charge in [0.05, 0.1) is 18.9 Å². The van der Waals surface area contributed by atoms with Crippen LogP contribution in [0, 0.1) is 0 Å². The van der Waals surface area contributed by atoms with E-state index in [1.807, 2.05) is 18.3 Å². The summed E-state index contributed by atoms with van der Waals surface area (Å²) in [5, 5.41) is 0.239. The number of pyridine rings is 1. The van der Waals surface area contributed by atoms with Crippen LogP contribution in [-0.2, 0) is 22.4 Å². The fraction of sp³-hybridized carbons (Fsp3) is 0.643. The van der Waals surface area contributed by atoms with Crippen molar-refractivity contribution in [2.75, 3.05) is 7.11 Å². The molecule has 0 atom stereocenters. The van der Waals surface area contributed by atoms with Gasteiger partial charge in [0, 0.05) is 13.3 Å². The van der Waals surface area contributed by atoms with Gasteiger partial charge in [-0.05, 0) is 29.8 Å². The van der Waals surface area contributed by atoms with Crippen molar-refractivity contribution in [3.63, 3.8) is 0 Å². The van der Waals surface area contributed by atoms with E-state index >= 15 is 0 Å². The van der Waals surface area contributed by atoms with E-state index in [-0.39, 0.29) is 5.04 Å². The van der Waals surface area contributed by atoms with E-state index in [2.05, 4.69) is 38.8 Å². The Balaban J connectivity index is 2.59. The van der Waals surface area contributed by atoms with Crippen LogP contribution < -0.4 is 0 Å². The summed E-state index contributed by atoms with van der Waals surface area (Å²) < 4.78 is 11.2. The van der Waals surface area contributed by atoms with E-state index in [0.29, 0.717) is 13.2 Å². The average Bonchev–Trinajstić information content (AvgIpc) is 2.27. The molecular weight excluding hydrogens is 242 g/mol. The van der Waals surface area contributed by atoms with Gasteiger partial charge in [-0.1, -0.05) is 26.8 Å². The molecule has 102 valence electrons. The number of hydrogen-bond acceptors (Lipinski definition) is 3. The number of aromatic nitrogens is 1. The normalized spacial score (nSPS) is 12.8. The first kappa shape index (κ1) is 15.3. The van der Waals surface area contributed by atoms with Crippen molar-refractivity contribution in [3.8, 4) is 0 Å². The molecule has 1 aromatic heterocycles. The minimum absolute atomic E-state index is 0.239. The van der Waals surface area contributed by atoms with Gasteiger partial charge in [0.2, 0.25) is 0 Å². The standard InChI is InChI=1S/C14H25NO2Si/c1-14(2,3)18(5,6)17-11-13-8-7-12(9-15-13)10-16-4/h7-9H,10-11H2,1-6H3. The molecule has 0 aliphatic rings. The largest absolute Gasteiger partial charge is 0.411 e. The Morgan fingerprint density at radius 3 is 2.28 bits per heavy atom.